The van der Waals surface area contributed by atoms with Gasteiger partial charge in [0.05, 0.1) is 22.9 Å². The van der Waals surface area contributed by atoms with E-state index in [4.69, 9.17) is 5.73 Å². The minimum absolute atomic E-state index is 0.0405. The van der Waals surface area contributed by atoms with Crippen LogP contribution in [0.4, 0.5) is 11.5 Å². The van der Waals surface area contributed by atoms with Gasteiger partial charge >= 0.3 is 7.60 Å². The molecule has 8 nitrogen and oxygen atoms in total. The molecule has 29 heavy (non-hydrogen) atoms. The van der Waals surface area contributed by atoms with E-state index in [-0.39, 0.29) is 11.1 Å². The van der Waals surface area contributed by atoms with Crippen molar-refractivity contribution in [2.24, 2.45) is 0 Å². The van der Waals surface area contributed by atoms with Crippen LogP contribution >= 0.6 is 7.60 Å². The zero-order valence-electron chi connectivity index (χ0n) is 16.2. The second-order valence-corrected chi connectivity index (χ2v) is 8.08. The molecular formula is C20H23N4O4P. The predicted octanol–water partition coefficient (Wildman–Crippen LogP) is 2.63. The summed E-state index contributed by atoms with van der Waals surface area (Å²) in [6.07, 6.45) is 2.46. The summed E-state index contributed by atoms with van der Waals surface area (Å²) >= 11 is 0. The number of nitrogens with zero attached hydrogens (tertiary/aromatic N) is 2. The standard InChI is InChI=1S/C20H23N4O4P/c1-3-14-15(4-2)18(29(26,27)28)11-10-16(14)20(25)22-19-17(21)12-24(23-19)13-8-6-5-7-9-13/h5-12H,3-4,21H2,1-2H3,(H,22,23,25)(H2,26,27,28). The molecule has 152 valence electrons. The van der Waals surface area contributed by atoms with Gasteiger partial charge in [0.15, 0.2) is 5.82 Å². The van der Waals surface area contributed by atoms with Crippen LogP contribution in [0.5, 0.6) is 0 Å². The van der Waals surface area contributed by atoms with Crippen LogP contribution in [0.15, 0.2) is 48.7 Å². The molecule has 0 bridgehead atoms. The lowest BCUT2D eigenvalue weighted by Gasteiger charge is -2.17. The predicted molar refractivity (Wildman–Crippen MR) is 113 cm³/mol. The van der Waals surface area contributed by atoms with E-state index in [1.54, 1.807) is 17.8 Å². The Morgan fingerprint density at radius 2 is 1.76 bits per heavy atom. The molecule has 0 saturated carbocycles. The monoisotopic (exact) mass is 414 g/mol. The average molecular weight is 414 g/mol. The van der Waals surface area contributed by atoms with Crippen molar-refractivity contribution in [1.29, 1.82) is 0 Å². The Balaban J connectivity index is 1.96. The Bertz CT molecular complexity index is 1090. The third-order valence-electron chi connectivity index (χ3n) is 4.67. The molecule has 0 fully saturated rings. The zero-order valence-corrected chi connectivity index (χ0v) is 17.1. The number of rotatable bonds is 6. The first-order valence-corrected chi connectivity index (χ1v) is 10.8. The number of benzene rings is 2. The summed E-state index contributed by atoms with van der Waals surface area (Å²) in [6.45, 7) is 3.64. The number of aromatic nitrogens is 2. The first kappa shape index (κ1) is 20.8. The molecule has 0 aliphatic heterocycles. The van der Waals surface area contributed by atoms with Gasteiger partial charge in [0, 0.05) is 5.56 Å². The highest BCUT2D eigenvalue weighted by Gasteiger charge is 2.26. The summed E-state index contributed by atoms with van der Waals surface area (Å²) in [5.74, 6) is -0.211. The van der Waals surface area contributed by atoms with E-state index in [0.29, 0.717) is 35.2 Å². The van der Waals surface area contributed by atoms with Gasteiger partial charge < -0.3 is 20.8 Å². The van der Waals surface area contributed by atoms with Crippen LogP contribution in [-0.2, 0) is 17.4 Å². The zero-order chi connectivity index (χ0) is 21.2. The van der Waals surface area contributed by atoms with Crippen molar-refractivity contribution < 1.29 is 19.1 Å². The number of carbonyl (C=O) groups excluding carboxylic acids is 1. The number of nitrogen functional groups attached to an aromatic ring is 1. The van der Waals surface area contributed by atoms with Gasteiger partial charge in [-0.25, -0.2) is 4.68 Å². The molecule has 1 amide bonds. The molecule has 1 aromatic heterocycles. The third-order valence-corrected chi connectivity index (χ3v) is 5.71. The first-order valence-electron chi connectivity index (χ1n) is 9.19. The lowest BCUT2D eigenvalue weighted by Crippen LogP contribution is -2.21. The summed E-state index contributed by atoms with van der Waals surface area (Å²) < 4.78 is 13.4. The van der Waals surface area contributed by atoms with Crippen LogP contribution in [-0.4, -0.2) is 25.5 Å². The Morgan fingerprint density at radius 1 is 1.10 bits per heavy atom. The van der Waals surface area contributed by atoms with E-state index in [1.807, 2.05) is 37.3 Å². The van der Waals surface area contributed by atoms with E-state index in [9.17, 15) is 19.1 Å². The summed E-state index contributed by atoms with van der Waals surface area (Å²) in [5, 5.41) is 7.01. The van der Waals surface area contributed by atoms with Crippen molar-refractivity contribution >= 4 is 30.3 Å². The lowest BCUT2D eigenvalue weighted by molar-refractivity contribution is 0.102. The van der Waals surface area contributed by atoms with Gasteiger partial charge in [-0.3, -0.25) is 9.36 Å². The maximum absolute atomic E-state index is 12.9. The fourth-order valence-electron chi connectivity index (χ4n) is 3.34. The molecule has 0 unspecified atom stereocenters. The molecular weight excluding hydrogens is 391 g/mol. The summed E-state index contributed by atoms with van der Waals surface area (Å²) in [5.41, 5.74) is 8.56. The maximum Gasteiger partial charge on any atom is 0.356 e. The molecule has 3 aromatic rings. The largest absolute Gasteiger partial charge is 0.394 e. The molecule has 0 atom stereocenters. The molecule has 9 heteroatoms. The lowest BCUT2D eigenvalue weighted by atomic mass is 9.96. The van der Waals surface area contributed by atoms with Crippen LogP contribution in [0.1, 0.15) is 35.3 Å². The van der Waals surface area contributed by atoms with Crippen LogP contribution in [0.3, 0.4) is 0 Å². The molecule has 0 saturated heterocycles. The normalized spacial score (nSPS) is 11.4. The Hall–Kier alpha value is -2.93. The fourth-order valence-corrected chi connectivity index (χ4v) is 4.25. The van der Waals surface area contributed by atoms with Gasteiger partial charge in [-0.05, 0) is 48.2 Å². The minimum atomic E-state index is -4.43. The Morgan fingerprint density at radius 3 is 2.34 bits per heavy atom. The fraction of sp³-hybridized carbons (Fsp3) is 0.200. The molecule has 0 aliphatic carbocycles. The van der Waals surface area contributed by atoms with E-state index in [2.05, 4.69) is 10.4 Å². The summed E-state index contributed by atoms with van der Waals surface area (Å²) in [6, 6.07) is 12.1. The van der Waals surface area contributed by atoms with Crippen LogP contribution < -0.4 is 16.4 Å². The maximum atomic E-state index is 12.9. The van der Waals surface area contributed by atoms with E-state index >= 15 is 0 Å². The molecule has 3 rings (SSSR count). The molecule has 2 aromatic carbocycles. The van der Waals surface area contributed by atoms with Gasteiger partial charge in [-0.1, -0.05) is 32.0 Å². The number of para-hydroxylation sites is 1. The van der Waals surface area contributed by atoms with Gasteiger partial charge in [0.25, 0.3) is 5.91 Å². The van der Waals surface area contributed by atoms with Gasteiger partial charge in [0.2, 0.25) is 0 Å². The number of hydrogen-bond donors (Lipinski definition) is 4. The van der Waals surface area contributed by atoms with Crippen molar-refractivity contribution in [2.75, 3.05) is 11.1 Å². The second kappa shape index (κ2) is 8.21. The number of carbonyl (C=O) groups is 1. The molecule has 0 radical (unpaired) electrons. The average Bonchev–Trinajstić information content (AvgIpc) is 3.06. The van der Waals surface area contributed by atoms with Crippen molar-refractivity contribution in [3.8, 4) is 5.69 Å². The highest BCUT2D eigenvalue weighted by molar-refractivity contribution is 7.60. The topological polar surface area (TPSA) is 130 Å². The van der Waals surface area contributed by atoms with Crippen molar-refractivity contribution in [3.05, 3.63) is 65.4 Å². The quantitative estimate of drug-likeness (QED) is 0.459. The number of amides is 1. The first-order chi connectivity index (χ1) is 13.8. The Kier molecular flexibility index (Phi) is 5.88. The minimum Gasteiger partial charge on any atom is -0.394 e. The van der Waals surface area contributed by atoms with Crippen LogP contribution in [0.2, 0.25) is 0 Å². The van der Waals surface area contributed by atoms with Crippen LogP contribution in [0.25, 0.3) is 5.69 Å². The summed E-state index contributed by atoms with van der Waals surface area (Å²) in [4.78, 5) is 32.1. The van der Waals surface area contributed by atoms with E-state index in [0.717, 1.165) is 5.69 Å². The highest BCUT2D eigenvalue weighted by atomic mass is 31.2. The number of anilines is 2. The second-order valence-electron chi connectivity index (χ2n) is 6.51. The Labute approximate surface area is 168 Å². The van der Waals surface area contributed by atoms with E-state index in [1.165, 1.54) is 12.1 Å². The molecule has 0 aliphatic rings. The van der Waals surface area contributed by atoms with Gasteiger partial charge in [-0.15, -0.1) is 5.10 Å². The smallest absolute Gasteiger partial charge is 0.356 e. The van der Waals surface area contributed by atoms with E-state index < -0.39 is 13.5 Å². The van der Waals surface area contributed by atoms with Gasteiger partial charge in [0.1, 0.15) is 0 Å². The van der Waals surface area contributed by atoms with Crippen molar-refractivity contribution in [3.63, 3.8) is 0 Å². The molecule has 0 spiro atoms. The SMILES string of the molecule is CCc1c(C(=O)Nc2nn(-c3ccccc3)cc2N)ccc(P(=O)(O)O)c1CC. The molecule has 1 heterocycles. The van der Waals surface area contributed by atoms with Crippen molar-refractivity contribution in [2.45, 2.75) is 26.7 Å². The summed E-state index contributed by atoms with van der Waals surface area (Å²) in [7, 11) is -4.43. The third kappa shape index (κ3) is 4.24. The van der Waals surface area contributed by atoms with Gasteiger partial charge in [-0.2, -0.15) is 0 Å². The van der Waals surface area contributed by atoms with Crippen LogP contribution in [0, 0.1) is 0 Å². The highest BCUT2D eigenvalue weighted by Crippen LogP contribution is 2.36. The number of nitrogens with two attached hydrogens (primary N) is 1. The number of hydrogen-bond acceptors (Lipinski definition) is 4. The number of nitrogens with one attached hydrogen (secondary N) is 1. The van der Waals surface area contributed by atoms with Crippen molar-refractivity contribution in [1.82, 2.24) is 9.78 Å². The molecule has 5 N–H and O–H groups in total.